The van der Waals surface area contributed by atoms with Crippen LogP contribution in [0, 0.1) is 5.82 Å². The Morgan fingerprint density at radius 3 is 2.56 bits per heavy atom. The number of hydrogen-bond acceptors (Lipinski definition) is 1. The van der Waals surface area contributed by atoms with E-state index in [1.54, 1.807) is 12.1 Å². The quantitative estimate of drug-likeness (QED) is 0.775. The number of rotatable bonds is 6. The van der Waals surface area contributed by atoms with E-state index >= 15 is 0 Å². The summed E-state index contributed by atoms with van der Waals surface area (Å²) in [5.41, 5.74) is 1.26. The highest BCUT2D eigenvalue weighted by atomic mass is 19.1. The standard InChI is InChI=1S/C14H20FN/c1-2-3-12(10-16-14-8-9-14)11-4-6-13(15)7-5-11/h4-7,12,14,16H,2-3,8-10H2,1H3. The first-order valence-corrected chi connectivity index (χ1v) is 6.28. The van der Waals surface area contributed by atoms with Gasteiger partial charge in [0.25, 0.3) is 0 Å². The highest BCUT2D eigenvalue weighted by Gasteiger charge is 2.22. The van der Waals surface area contributed by atoms with Crippen LogP contribution in [-0.4, -0.2) is 12.6 Å². The van der Waals surface area contributed by atoms with Gasteiger partial charge >= 0.3 is 0 Å². The summed E-state index contributed by atoms with van der Waals surface area (Å²) in [7, 11) is 0. The monoisotopic (exact) mass is 221 g/mol. The number of benzene rings is 1. The van der Waals surface area contributed by atoms with Crippen LogP contribution in [0.15, 0.2) is 24.3 Å². The molecule has 0 heterocycles. The van der Waals surface area contributed by atoms with Crippen molar-refractivity contribution in [3.8, 4) is 0 Å². The van der Waals surface area contributed by atoms with Gasteiger partial charge in [0.15, 0.2) is 0 Å². The van der Waals surface area contributed by atoms with E-state index in [4.69, 9.17) is 0 Å². The van der Waals surface area contributed by atoms with Gasteiger partial charge in [0.2, 0.25) is 0 Å². The van der Waals surface area contributed by atoms with Crippen molar-refractivity contribution in [1.29, 1.82) is 0 Å². The Hall–Kier alpha value is -0.890. The molecule has 88 valence electrons. The van der Waals surface area contributed by atoms with Gasteiger partial charge in [0, 0.05) is 12.6 Å². The molecule has 0 saturated heterocycles. The molecule has 1 nitrogen and oxygen atoms in total. The minimum Gasteiger partial charge on any atom is -0.313 e. The molecule has 2 heteroatoms. The van der Waals surface area contributed by atoms with Crippen molar-refractivity contribution in [1.82, 2.24) is 5.32 Å². The molecule has 1 N–H and O–H groups in total. The zero-order chi connectivity index (χ0) is 11.4. The van der Waals surface area contributed by atoms with Gasteiger partial charge < -0.3 is 5.32 Å². The van der Waals surface area contributed by atoms with E-state index in [1.165, 1.54) is 31.2 Å². The lowest BCUT2D eigenvalue weighted by atomic mass is 9.94. The Bertz CT molecular complexity index is 316. The van der Waals surface area contributed by atoms with Crippen LogP contribution in [0.4, 0.5) is 4.39 Å². The van der Waals surface area contributed by atoms with Gasteiger partial charge in [0.05, 0.1) is 0 Å². The Morgan fingerprint density at radius 1 is 1.31 bits per heavy atom. The van der Waals surface area contributed by atoms with Crippen LogP contribution < -0.4 is 5.32 Å². The van der Waals surface area contributed by atoms with Crippen LogP contribution in [0.3, 0.4) is 0 Å². The molecule has 0 amide bonds. The van der Waals surface area contributed by atoms with Crippen molar-refractivity contribution in [3.05, 3.63) is 35.6 Å². The van der Waals surface area contributed by atoms with E-state index in [2.05, 4.69) is 12.2 Å². The third-order valence-corrected chi connectivity index (χ3v) is 3.21. The Balaban J connectivity index is 1.95. The first kappa shape index (κ1) is 11.6. The molecule has 1 aliphatic carbocycles. The fourth-order valence-corrected chi connectivity index (χ4v) is 2.07. The van der Waals surface area contributed by atoms with Crippen LogP contribution in [0.25, 0.3) is 0 Å². The molecule has 0 radical (unpaired) electrons. The van der Waals surface area contributed by atoms with E-state index in [1.807, 2.05) is 12.1 Å². The molecule has 1 fully saturated rings. The van der Waals surface area contributed by atoms with Crippen molar-refractivity contribution in [2.24, 2.45) is 0 Å². The van der Waals surface area contributed by atoms with Gasteiger partial charge in [-0.1, -0.05) is 25.5 Å². The average molecular weight is 221 g/mol. The molecule has 1 aliphatic rings. The highest BCUT2D eigenvalue weighted by Crippen LogP contribution is 2.24. The summed E-state index contributed by atoms with van der Waals surface area (Å²) >= 11 is 0. The molecule has 1 aromatic carbocycles. The normalized spacial score (nSPS) is 17.4. The van der Waals surface area contributed by atoms with Gasteiger partial charge in [-0.3, -0.25) is 0 Å². The predicted molar refractivity (Wildman–Crippen MR) is 65.1 cm³/mol. The van der Waals surface area contributed by atoms with Crippen LogP contribution in [0.2, 0.25) is 0 Å². The van der Waals surface area contributed by atoms with Crippen LogP contribution >= 0.6 is 0 Å². The summed E-state index contributed by atoms with van der Waals surface area (Å²) in [5, 5.41) is 3.56. The smallest absolute Gasteiger partial charge is 0.123 e. The van der Waals surface area contributed by atoms with Gasteiger partial charge in [-0.15, -0.1) is 0 Å². The molecule has 0 spiro atoms. The lowest BCUT2D eigenvalue weighted by molar-refractivity contribution is 0.540. The number of nitrogens with one attached hydrogen (secondary N) is 1. The zero-order valence-corrected chi connectivity index (χ0v) is 9.88. The Labute approximate surface area is 97.1 Å². The van der Waals surface area contributed by atoms with E-state index in [9.17, 15) is 4.39 Å². The molecule has 0 aliphatic heterocycles. The largest absolute Gasteiger partial charge is 0.313 e. The fourth-order valence-electron chi connectivity index (χ4n) is 2.07. The molecule has 2 rings (SSSR count). The lowest BCUT2D eigenvalue weighted by Gasteiger charge is -2.17. The van der Waals surface area contributed by atoms with Crippen molar-refractivity contribution in [2.45, 2.75) is 44.6 Å². The van der Waals surface area contributed by atoms with Crippen LogP contribution in [0.5, 0.6) is 0 Å². The molecule has 1 aromatic rings. The number of hydrogen-bond donors (Lipinski definition) is 1. The minimum absolute atomic E-state index is 0.144. The summed E-state index contributed by atoms with van der Waals surface area (Å²) < 4.78 is 12.8. The zero-order valence-electron chi connectivity index (χ0n) is 9.88. The van der Waals surface area contributed by atoms with E-state index in [0.717, 1.165) is 12.6 Å². The third-order valence-electron chi connectivity index (χ3n) is 3.21. The van der Waals surface area contributed by atoms with Crippen LogP contribution in [0.1, 0.15) is 44.1 Å². The topological polar surface area (TPSA) is 12.0 Å². The summed E-state index contributed by atoms with van der Waals surface area (Å²) in [6.07, 6.45) is 4.99. The van der Waals surface area contributed by atoms with Gasteiger partial charge in [-0.25, -0.2) is 4.39 Å². The molecule has 0 aromatic heterocycles. The molecule has 1 atom stereocenters. The molecule has 1 unspecified atom stereocenters. The van der Waals surface area contributed by atoms with Gasteiger partial charge in [0.1, 0.15) is 5.82 Å². The fraction of sp³-hybridized carbons (Fsp3) is 0.571. The Kier molecular flexibility index (Phi) is 3.94. The maximum atomic E-state index is 12.8. The minimum atomic E-state index is -0.144. The van der Waals surface area contributed by atoms with Crippen LogP contribution in [-0.2, 0) is 0 Å². The number of halogens is 1. The van der Waals surface area contributed by atoms with Crippen molar-refractivity contribution < 1.29 is 4.39 Å². The summed E-state index contributed by atoms with van der Waals surface area (Å²) in [6.45, 7) is 3.23. The molecule has 1 saturated carbocycles. The highest BCUT2D eigenvalue weighted by molar-refractivity contribution is 5.20. The van der Waals surface area contributed by atoms with Crippen molar-refractivity contribution >= 4 is 0 Å². The van der Waals surface area contributed by atoms with E-state index in [-0.39, 0.29) is 5.82 Å². The second-order valence-corrected chi connectivity index (χ2v) is 4.72. The lowest BCUT2D eigenvalue weighted by Crippen LogP contribution is -2.23. The first-order chi connectivity index (χ1) is 7.79. The van der Waals surface area contributed by atoms with E-state index in [0.29, 0.717) is 5.92 Å². The molecular formula is C14H20FN. The SMILES string of the molecule is CCCC(CNC1CC1)c1ccc(F)cc1. The van der Waals surface area contributed by atoms with Crippen molar-refractivity contribution in [2.75, 3.05) is 6.54 Å². The Morgan fingerprint density at radius 2 is 2.00 bits per heavy atom. The second kappa shape index (κ2) is 5.44. The average Bonchev–Trinajstić information content (AvgIpc) is 3.09. The predicted octanol–water partition coefficient (Wildman–Crippen LogP) is 3.46. The molecular weight excluding hydrogens is 201 g/mol. The van der Waals surface area contributed by atoms with Gasteiger partial charge in [-0.2, -0.15) is 0 Å². The maximum Gasteiger partial charge on any atom is 0.123 e. The summed E-state index contributed by atoms with van der Waals surface area (Å²) in [4.78, 5) is 0. The third kappa shape index (κ3) is 3.31. The summed E-state index contributed by atoms with van der Waals surface area (Å²) in [5.74, 6) is 0.389. The van der Waals surface area contributed by atoms with E-state index < -0.39 is 0 Å². The second-order valence-electron chi connectivity index (χ2n) is 4.72. The molecule has 0 bridgehead atoms. The first-order valence-electron chi connectivity index (χ1n) is 6.28. The van der Waals surface area contributed by atoms with Gasteiger partial charge in [-0.05, 0) is 42.9 Å². The molecule has 16 heavy (non-hydrogen) atoms. The maximum absolute atomic E-state index is 12.8. The van der Waals surface area contributed by atoms with Crippen molar-refractivity contribution in [3.63, 3.8) is 0 Å². The summed E-state index contributed by atoms with van der Waals surface area (Å²) in [6, 6.07) is 7.72.